The summed E-state index contributed by atoms with van der Waals surface area (Å²) in [6, 6.07) is 0. The van der Waals surface area contributed by atoms with E-state index < -0.39 is 29.6 Å². The number of nitrogens with zero attached hydrogens (tertiary/aromatic N) is 1. The number of ether oxygens (including phenoxy) is 1. The summed E-state index contributed by atoms with van der Waals surface area (Å²) < 4.78 is 42.2. The summed E-state index contributed by atoms with van der Waals surface area (Å²) in [6.45, 7) is 1.09. The van der Waals surface area contributed by atoms with Crippen LogP contribution in [0.4, 0.5) is 13.2 Å². The van der Waals surface area contributed by atoms with Crippen molar-refractivity contribution in [2.45, 2.75) is 18.7 Å². The largest absolute Gasteiger partial charge is 0.467 e. The van der Waals surface area contributed by atoms with Gasteiger partial charge >= 0.3 is 12.1 Å². The monoisotopic (exact) mass is 254 g/mol. The van der Waals surface area contributed by atoms with Gasteiger partial charge in [0.25, 0.3) is 11.5 Å². The molecule has 0 aromatic rings. The fourth-order valence-corrected chi connectivity index (χ4v) is 1.51. The number of alkyl halides is 3. The van der Waals surface area contributed by atoms with Crippen LogP contribution in [0.25, 0.3) is 0 Å². The number of methoxy groups -OCH3 is 1. The number of esters is 1. The molecule has 1 rings (SSSR count). The molecule has 0 aromatic carbocycles. The first kappa shape index (κ1) is 13.4. The second-order valence-corrected chi connectivity index (χ2v) is 3.42. The molecule has 1 aliphatic heterocycles. The number of hydrogen-bond donors (Lipinski definition) is 2. The Morgan fingerprint density at radius 1 is 1.53 bits per heavy atom. The second kappa shape index (κ2) is 3.99. The van der Waals surface area contributed by atoms with Crippen molar-refractivity contribution in [1.82, 2.24) is 5.43 Å². The van der Waals surface area contributed by atoms with Crippen molar-refractivity contribution in [1.29, 1.82) is 0 Å². The van der Waals surface area contributed by atoms with Gasteiger partial charge in [-0.1, -0.05) is 0 Å². The van der Waals surface area contributed by atoms with Gasteiger partial charge < -0.3 is 9.84 Å². The van der Waals surface area contributed by atoms with Gasteiger partial charge in [-0.2, -0.15) is 18.3 Å². The summed E-state index contributed by atoms with van der Waals surface area (Å²) in [6.07, 6.45) is -5.36. The summed E-state index contributed by atoms with van der Waals surface area (Å²) in [5.74, 6) is -5.32. The third-order valence-corrected chi connectivity index (χ3v) is 2.37. The highest BCUT2D eigenvalue weighted by Gasteiger charge is 2.68. The zero-order valence-corrected chi connectivity index (χ0v) is 8.83. The number of amides is 1. The Morgan fingerprint density at radius 3 is 2.35 bits per heavy atom. The zero-order chi connectivity index (χ0) is 13.4. The molecule has 0 unspecified atom stereocenters. The van der Waals surface area contributed by atoms with E-state index in [1.807, 2.05) is 0 Å². The quantitative estimate of drug-likeness (QED) is 0.655. The number of hydrogen-bond acceptors (Lipinski definition) is 5. The lowest BCUT2D eigenvalue weighted by atomic mass is 9.83. The number of nitrogens with one attached hydrogen (secondary N) is 1. The van der Waals surface area contributed by atoms with Crippen molar-refractivity contribution in [2.75, 3.05) is 7.11 Å². The number of aliphatic hydroxyl groups is 1. The molecule has 0 bridgehead atoms. The molecule has 0 saturated carbocycles. The molecule has 0 aliphatic carbocycles. The predicted octanol–water partition coefficient (Wildman–Crippen LogP) is -0.425. The highest BCUT2D eigenvalue weighted by Crippen LogP contribution is 2.39. The minimum absolute atomic E-state index is 0.347. The molecule has 1 heterocycles. The highest BCUT2D eigenvalue weighted by molar-refractivity contribution is 6.11. The van der Waals surface area contributed by atoms with E-state index in [1.54, 1.807) is 5.43 Å². The van der Waals surface area contributed by atoms with E-state index in [9.17, 15) is 27.9 Å². The summed E-state index contributed by atoms with van der Waals surface area (Å²) >= 11 is 0. The molecule has 0 radical (unpaired) electrons. The van der Waals surface area contributed by atoms with E-state index in [0.29, 0.717) is 7.11 Å². The Morgan fingerprint density at radius 2 is 2.06 bits per heavy atom. The average Bonchev–Trinajstić information content (AvgIpc) is 2.55. The number of carbonyl (C=O) groups excluding carboxylic acids is 2. The lowest BCUT2D eigenvalue weighted by molar-refractivity contribution is -0.268. The molecule has 1 amide bonds. The molecule has 17 heavy (non-hydrogen) atoms. The molecule has 9 heteroatoms. The summed E-state index contributed by atoms with van der Waals surface area (Å²) in [7, 11) is 0.679. The molecule has 2 atom stereocenters. The van der Waals surface area contributed by atoms with Crippen molar-refractivity contribution in [2.24, 2.45) is 11.0 Å². The Bertz CT molecular complexity index is 393. The fraction of sp³-hybridized carbons (Fsp3) is 0.625. The van der Waals surface area contributed by atoms with E-state index in [2.05, 4.69) is 9.84 Å². The highest BCUT2D eigenvalue weighted by atomic mass is 19.4. The van der Waals surface area contributed by atoms with Gasteiger partial charge in [-0.3, -0.25) is 4.79 Å². The van der Waals surface area contributed by atoms with Gasteiger partial charge in [0.2, 0.25) is 0 Å². The SMILES string of the molecule is COC(=O)[C@@](O)([C@H]1C(=O)NN=C1C)C(F)(F)F. The van der Waals surface area contributed by atoms with Crippen LogP contribution in [0.15, 0.2) is 5.10 Å². The molecular formula is C8H9F3N2O4. The average molecular weight is 254 g/mol. The van der Waals surface area contributed by atoms with E-state index in [-0.39, 0.29) is 5.71 Å². The van der Waals surface area contributed by atoms with Gasteiger partial charge in [0, 0.05) is 0 Å². The molecular weight excluding hydrogens is 245 g/mol. The summed E-state index contributed by atoms with van der Waals surface area (Å²) in [5, 5.41) is 12.8. The molecule has 2 N–H and O–H groups in total. The zero-order valence-electron chi connectivity index (χ0n) is 8.83. The van der Waals surface area contributed by atoms with Gasteiger partial charge in [-0.25, -0.2) is 10.2 Å². The van der Waals surface area contributed by atoms with E-state index in [0.717, 1.165) is 6.92 Å². The number of hydrazone groups is 1. The standard InChI is InChI=1S/C8H9F3N2O4/c1-3-4(5(14)13-12-3)7(16,6(15)17-2)8(9,10)11/h4,16H,1-2H3,(H,13,14)/t4-,7+/m1/s1. The second-order valence-electron chi connectivity index (χ2n) is 3.42. The molecule has 0 saturated heterocycles. The van der Waals surface area contributed by atoms with Gasteiger partial charge in [-0.05, 0) is 6.92 Å². The van der Waals surface area contributed by atoms with Gasteiger partial charge in [0.1, 0.15) is 5.92 Å². The lowest BCUT2D eigenvalue weighted by Gasteiger charge is -2.31. The van der Waals surface area contributed by atoms with Crippen molar-refractivity contribution >= 4 is 17.6 Å². The number of carbonyl (C=O) groups is 2. The van der Waals surface area contributed by atoms with Crippen molar-refractivity contribution in [3.63, 3.8) is 0 Å². The van der Waals surface area contributed by atoms with Crippen LogP contribution in [0.2, 0.25) is 0 Å². The molecule has 0 fully saturated rings. The molecule has 0 spiro atoms. The van der Waals surface area contributed by atoms with Crippen LogP contribution in [0.3, 0.4) is 0 Å². The summed E-state index contributed by atoms with van der Waals surface area (Å²) in [4.78, 5) is 22.3. The Kier molecular flexibility index (Phi) is 3.15. The molecule has 0 aromatic heterocycles. The van der Waals surface area contributed by atoms with Crippen LogP contribution >= 0.6 is 0 Å². The van der Waals surface area contributed by atoms with Crippen molar-refractivity contribution in [3.8, 4) is 0 Å². The maximum atomic E-state index is 12.8. The Labute approximate surface area is 93.4 Å². The maximum absolute atomic E-state index is 12.8. The van der Waals surface area contributed by atoms with E-state index >= 15 is 0 Å². The van der Waals surface area contributed by atoms with Crippen LogP contribution in [0, 0.1) is 5.92 Å². The fourth-order valence-electron chi connectivity index (χ4n) is 1.51. The first-order valence-electron chi connectivity index (χ1n) is 4.37. The third kappa shape index (κ3) is 1.86. The van der Waals surface area contributed by atoms with Crippen LogP contribution < -0.4 is 5.43 Å². The minimum atomic E-state index is -5.36. The first-order valence-corrected chi connectivity index (χ1v) is 4.37. The molecule has 96 valence electrons. The number of rotatable bonds is 2. The predicted molar refractivity (Wildman–Crippen MR) is 47.8 cm³/mol. The van der Waals surface area contributed by atoms with E-state index in [4.69, 9.17) is 0 Å². The third-order valence-electron chi connectivity index (χ3n) is 2.37. The Balaban J connectivity index is 3.30. The molecule has 1 aliphatic rings. The van der Waals surface area contributed by atoms with Crippen molar-refractivity contribution < 1.29 is 32.6 Å². The van der Waals surface area contributed by atoms with E-state index in [1.165, 1.54) is 0 Å². The van der Waals surface area contributed by atoms with Gasteiger partial charge in [0.15, 0.2) is 0 Å². The number of halogens is 3. The smallest absolute Gasteiger partial charge is 0.429 e. The normalized spacial score (nSPS) is 23.8. The van der Waals surface area contributed by atoms with Gasteiger partial charge in [0.05, 0.1) is 12.8 Å². The lowest BCUT2D eigenvalue weighted by Crippen LogP contribution is -2.61. The topological polar surface area (TPSA) is 88.0 Å². The van der Waals surface area contributed by atoms with Crippen molar-refractivity contribution in [3.05, 3.63) is 0 Å². The molecule has 6 nitrogen and oxygen atoms in total. The first-order chi connectivity index (χ1) is 7.66. The minimum Gasteiger partial charge on any atom is -0.467 e. The van der Waals surface area contributed by atoms with Crippen LogP contribution in [-0.2, 0) is 14.3 Å². The van der Waals surface area contributed by atoms with Crippen LogP contribution in [-0.4, -0.2) is 41.6 Å². The maximum Gasteiger partial charge on any atom is 0.429 e. The van der Waals surface area contributed by atoms with Crippen LogP contribution in [0.5, 0.6) is 0 Å². The van der Waals surface area contributed by atoms with Gasteiger partial charge in [-0.15, -0.1) is 0 Å². The van der Waals surface area contributed by atoms with Crippen LogP contribution in [0.1, 0.15) is 6.92 Å². The summed E-state index contributed by atoms with van der Waals surface area (Å²) in [5.41, 5.74) is -2.52. The Hall–Kier alpha value is -1.64.